The molecule has 2 atom stereocenters. The molecule has 2 unspecified atom stereocenters. The van der Waals surface area contributed by atoms with Crippen LogP contribution in [-0.2, 0) is 19.6 Å². The van der Waals surface area contributed by atoms with Crippen LogP contribution in [0.1, 0.15) is 24.0 Å². The Kier molecular flexibility index (Phi) is 4.65. The summed E-state index contributed by atoms with van der Waals surface area (Å²) >= 11 is 0. The largest absolute Gasteiger partial charge is 0.479 e. The van der Waals surface area contributed by atoms with E-state index >= 15 is 0 Å². The van der Waals surface area contributed by atoms with Crippen molar-refractivity contribution in [2.75, 3.05) is 6.54 Å². The van der Waals surface area contributed by atoms with Crippen molar-refractivity contribution in [1.29, 1.82) is 0 Å². The fraction of sp³-hybridized carbons (Fsp3) is 0.500. The lowest BCUT2D eigenvalue weighted by molar-refractivity contribution is -0.149. The predicted octanol–water partition coefficient (Wildman–Crippen LogP) is 1.21. The van der Waals surface area contributed by atoms with Crippen LogP contribution in [0.5, 0.6) is 0 Å². The van der Waals surface area contributed by atoms with Crippen molar-refractivity contribution in [3.63, 3.8) is 0 Å². The van der Waals surface area contributed by atoms with Gasteiger partial charge in [-0.05, 0) is 43.9 Å². The van der Waals surface area contributed by atoms with E-state index in [1.807, 2.05) is 13.0 Å². The molecule has 1 heterocycles. The van der Waals surface area contributed by atoms with E-state index in [-0.39, 0.29) is 11.4 Å². The number of hydrogen-bond acceptors (Lipinski definition) is 4. The van der Waals surface area contributed by atoms with Crippen LogP contribution in [0.25, 0.3) is 0 Å². The third-order valence-electron chi connectivity index (χ3n) is 3.52. The SMILES string of the molecule is Cc1ccc(C)c(S(=O)(=O)NCC2CCC(C(=O)O)O2)c1. The third-order valence-corrected chi connectivity index (χ3v) is 5.08. The molecule has 21 heavy (non-hydrogen) atoms. The first kappa shape index (κ1) is 15.9. The van der Waals surface area contributed by atoms with Crippen molar-refractivity contribution in [3.8, 4) is 0 Å². The molecule has 1 fully saturated rings. The molecule has 0 radical (unpaired) electrons. The number of ether oxygens (including phenoxy) is 1. The molecule has 116 valence electrons. The Morgan fingerprint density at radius 1 is 1.38 bits per heavy atom. The molecule has 0 aliphatic carbocycles. The van der Waals surface area contributed by atoms with Gasteiger partial charge in [0.2, 0.25) is 10.0 Å². The first-order valence-corrected chi connectivity index (χ1v) is 8.23. The first-order chi connectivity index (χ1) is 9.79. The predicted molar refractivity (Wildman–Crippen MR) is 76.6 cm³/mol. The van der Waals surface area contributed by atoms with E-state index in [9.17, 15) is 13.2 Å². The number of aryl methyl sites for hydroxylation is 2. The van der Waals surface area contributed by atoms with Gasteiger partial charge in [-0.15, -0.1) is 0 Å². The zero-order chi connectivity index (χ0) is 15.6. The second-order valence-corrected chi connectivity index (χ2v) is 7.02. The highest BCUT2D eigenvalue weighted by Gasteiger charge is 2.31. The molecule has 1 aromatic carbocycles. The maximum absolute atomic E-state index is 12.3. The highest BCUT2D eigenvalue weighted by molar-refractivity contribution is 7.89. The van der Waals surface area contributed by atoms with Gasteiger partial charge in [-0.25, -0.2) is 17.9 Å². The number of rotatable bonds is 5. The number of carboxylic acids is 1. The summed E-state index contributed by atoms with van der Waals surface area (Å²) in [5.74, 6) is -1.00. The maximum Gasteiger partial charge on any atom is 0.332 e. The Balaban J connectivity index is 2.02. The average molecular weight is 313 g/mol. The van der Waals surface area contributed by atoms with Gasteiger partial charge >= 0.3 is 5.97 Å². The van der Waals surface area contributed by atoms with E-state index in [0.717, 1.165) is 5.56 Å². The highest BCUT2D eigenvalue weighted by atomic mass is 32.2. The van der Waals surface area contributed by atoms with Crippen LogP contribution in [0.15, 0.2) is 23.1 Å². The fourth-order valence-corrected chi connectivity index (χ4v) is 3.71. The smallest absolute Gasteiger partial charge is 0.332 e. The van der Waals surface area contributed by atoms with Crippen molar-refractivity contribution >= 4 is 16.0 Å². The molecule has 0 bridgehead atoms. The van der Waals surface area contributed by atoms with Gasteiger partial charge in [0, 0.05) is 6.54 Å². The van der Waals surface area contributed by atoms with Gasteiger partial charge in [0.05, 0.1) is 11.0 Å². The number of nitrogens with one attached hydrogen (secondary N) is 1. The van der Waals surface area contributed by atoms with Crippen LogP contribution < -0.4 is 4.72 Å². The summed E-state index contributed by atoms with van der Waals surface area (Å²) in [5.41, 5.74) is 1.54. The van der Waals surface area contributed by atoms with E-state index in [0.29, 0.717) is 18.4 Å². The van der Waals surface area contributed by atoms with E-state index < -0.39 is 28.2 Å². The summed E-state index contributed by atoms with van der Waals surface area (Å²) in [6.07, 6.45) is -0.288. The second kappa shape index (κ2) is 6.13. The number of aliphatic carboxylic acids is 1. The Labute approximate surface area is 124 Å². The Morgan fingerprint density at radius 2 is 2.10 bits per heavy atom. The van der Waals surface area contributed by atoms with E-state index in [1.54, 1.807) is 19.1 Å². The van der Waals surface area contributed by atoms with Crippen molar-refractivity contribution in [2.45, 2.75) is 43.8 Å². The van der Waals surface area contributed by atoms with Gasteiger partial charge in [-0.1, -0.05) is 12.1 Å². The lowest BCUT2D eigenvalue weighted by Crippen LogP contribution is -2.33. The molecule has 1 saturated heterocycles. The molecule has 0 spiro atoms. The highest BCUT2D eigenvalue weighted by Crippen LogP contribution is 2.21. The van der Waals surface area contributed by atoms with Crippen molar-refractivity contribution < 1.29 is 23.1 Å². The van der Waals surface area contributed by atoms with Gasteiger partial charge < -0.3 is 9.84 Å². The standard InChI is InChI=1S/C14H19NO5S/c1-9-3-4-10(2)13(7-9)21(18,19)15-8-11-5-6-12(20-11)14(16)17/h3-4,7,11-12,15H,5-6,8H2,1-2H3,(H,16,17). The molecule has 1 aliphatic heterocycles. The van der Waals surface area contributed by atoms with Gasteiger partial charge in [0.25, 0.3) is 0 Å². The first-order valence-electron chi connectivity index (χ1n) is 6.75. The maximum atomic E-state index is 12.3. The summed E-state index contributed by atoms with van der Waals surface area (Å²) in [6.45, 7) is 3.65. The van der Waals surface area contributed by atoms with Crippen LogP contribution in [0.3, 0.4) is 0 Å². The molecule has 6 nitrogen and oxygen atoms in total. The lowest BCUT2D eigenvalue weighted by atomic mass is 10.2. The summed E-state index contributed by atoms with van der Waals surface area (Å²) < 4.78 is 32.4. The van der Waals surface area contributed by atoms with Crippen LogP contribution in [0.4, 0.5) is 0 Å². The Morgan fingerprint density at radius 3 is 2.71 bits per heavy atom. The average Bonchev–Trinajstić information content (AvgIpc) is 2.88. The van der Waals surface area contributed by atoms with Gasteiger partial charge in [-0.2, -0.15) is 0 Å². The van der Waals surface area contributed by atoms with Crippen LogP contribution in [0.2, 0.25) is 0 Å². The summed E-state index contributed by atoms with van der Waals surface area (Å²) in [5, 5.41) is 8.84. The van der Waals surface area contributed by atoms with Gasteiger partial charge in [-0.3, -0.25) is 0 Å². The van der Waals surface area contributed by atoms with E-state index in [1.165, 1.54) is 0 Å². The van der Waals surface area contributed by atoms with Crippen molar-refractivity contribution in [1.82, 2.24) is 4.72 Å². The fourth-order valence-electron chi connectivity index (χ4n) is 2.31. The number of sulfonamides is 1. The number of carboxylic acid groups (broad SMARTS) is 1. The number of carbonyl (C=O) groups is 1. The molecule has 1 aliphatic rings. The van der Waals surface area contributed by atoms with Gasteiger partial charge in [0.1, 0.15) is 0 Å². The summed E-state index contributed by atoms with van der Waals surface area (Å²) in [4.78, 5) is 11.0. The quantitative estimate of drug-likeness (QED) is 0.852. The second-order valence-electron chi connectivity index (χ2n) is 5.28. The zero-order valence-corrected chi connectivity index (χ0v) is 12.8. The minimum atomic E-state index is -3.62. The molecule has 0 saturated carbocycles. The Hall–Kier alpha value is -1.44. The molecular weight excluding hydrogens is 294 g/mol. The third kappa shape index (κ3) is 3.81. The summed E-state index contributed by atoms with van der Waals surface area (Å²) in [6, 6.07) is 5.23. The zero-order valence-electron chi connectivity index (χ0n) is 12.0. The molecule has 7 heteroatoms. The molecule has 1 aromatic rings. The molecular formula is C14H19NO5S. The number of benzene rings is 1. The van der Waals surface area contributed by atoms with E-state index in [2.05, 4.69) is 4.72 Å². The van der Waals surface area contributed by atoms with E-state index in [4.69, 9.17) is 9.84 Å². The lowest BCUT2D eigenvalue weighted by Gasteiger charge is -2.14. The minimum absolute atomic E-state index is 0.0828. The van der Waals surface area contributed by atoms with Crippen molar-refractivity contribution in [3.05, 3.63) is 29.3 Å². The number of hydrogen-bond donors (Lipinski definition) is 2. The normalized spacial score (nSPS) is 22.4. The van der Waals surface area contributed by atoms with Crippen LogP contribution in [0, 0.1) is 13.8 Å². The summed E-state index contributed by atoms with van der Waals surface area (Å²) in [7, 11) is -3.62. The van der Waals surface area contributed by atoms with Gasteiger partial charge in [0.15, 0.2) is 6.10 Å². The van der Waals surface area contributed by atoms with Crippen LogP contribution in [-0.4, -0.2) is 38.2 Å². The molecule has 2 rings (SSSR count). The molecule has 0 aromatic heterocycles. The molecule has 0 amide bonds. The minimum Gasteiger partial charge on any atom is -0.479 e. The van der Waals surface area contributed by atoms with Crippen molar-refractivity contribution in [2.24, 2.45) is 0 Å². The topological polar surface area (TPSA) is 92.7 Å². The van der Waals surface area contributed by atoms with Crippen LogP contribution >= 0.6 is 0 Å². The Bertz CT molecular complexity index is 641. The molecule has 2 N–H and O–H groups in total. The monoisotopic (exact) mass is 313 g/mol.